The molecule has 0 unspecified atom stereocenters. The summed E-state index contributed by atoms with van der Waals surface area (Å²) in [5.74, 6) is -0.567. The van der Waals surface area contributed by atoms with E-state index in [1.807, 2.05) is 6.92 Å². The highest BCUT2D eigenvalue weighted by Crippen LogP contribution is 2.30. The number of rotatable bonds is 5. The van der Waals surface area contributed by atoms with E-state index in [4.69, 9.17) is 4.74 Å². The van der Waals surface area contributed by atoms with Gasteiger partial charge in [0.05, 0.1) is 5.60 Å². The van der Waals surface area contributed by atoms with Crippen LogP contribution in [-0.4, -0.2) is 54.9 Å². The molecule has 0 radical (unpaired) electrons. The fourth-order valence-corrected chi connectivity index (χ4v) is 1.90. The largest absolute Gasteiger partial charge is 0.406 e. The minimum Gasteiger partial charge on any atom is -0.363 e. The molecule has 0 aromatic heterocycles. The molecule has 1 amide bonds. The number of carbonyl (C=O) groups is 1. The first-order chi connectivity index (χ1) is 8.29. The Kier molecular flexibility index (Phi) is 3.55. The molecule has 2 aliphatic rings. The van der Waals surface area contributed by atoms with Crippen LogP contribution in [0.15, 0.2) is 0 Å². The van der Waals surface area contributed by atoms with E-state index in [9.17, 15) is 18.0 Å². The number of hydrogen-bond donors (Lipinski definition) is 1. The van der Waals surface area contributed by atoms with Gasteiger partial charge in [-0.25, -0.2) is 0 Å². The van der Waals surface area contributed by atoms with Crippen LogP contribution in [0, 0.1) is 0 Å². The van der Waals surface area contributed by atoms with Gasteiger partial charge < -0.3 is 15.0 Å². The Morgan fingerprint density at radius 1 is 1.44 bits per heavy atom. The van der Waals surface area contributed by atoms with E-state index in [0.717, 1.165) is 4.90 Å². The van der Waals surface area contributed by atoms with Gasteiger partial charge >= 0.3 is 6.18 Å². The molecule has 0 bridgehead atoms. The second kappa shape index (κ2) is 4.70. The lowest BCUT2D eigenvalue weighted by Crippen LogP contribution is -2.60. The molecule has 1 aliphatic heterocycles. The maximum absolute atomic E-state index is 12.4. The van der Waals surface area contributed by atoms with Gasteiger partial charge in [0.1, 0.15) is 13.2 Å². The van der Waals surface area contributed by atoms with Gasteiger partial charge in [0.15, 0.2) is 0 Å². The van der Waals surface area contributed by atoms with E-state index in [0.29, 0.717) is 25.9 Å². The zero-order chi connectivity index (χ0) is 13.4. The van der Waals surface area contributed by atoms with E-state index < -0.39 is 24.2 Å². The molecule has 7 heteroatoms. The van der Waals surface area contributed by atoms with Crippen molar-refractivity contribution in [3.63, 3.8) is 0 Å². The van der Waals surface area contributed by atoms with Gasteiger partial charge in [0, 0.05) is 19.1 Å². The highest BCUT2D eigenvalue weighted by molar-refractivity contribution is 5.78. The third kappa shape index (κ3) is 3.58. The van der Waals surface area contributed by atoms with Crippen LogP contribution in [0.5, 0.6) is 0 Å². The molecule has 0 spiro atoms. The third-order valence-corrected chi connectivity index (χ3v) is 3.20. The Hall–Kier alpha value is -0.820. The van der Waals surface area contributed by atoms with E-state index >= 15 is 0 Å². The van der Waals surface area contributed by atoms with Crippen molar-refractivity contribution in [2.45, 2.75) is 37.6 Å². The molecule has 4 nitrogen and oxygen atoms in total. The van der Waals surface area contributed by atoms with Crippen LogP contribution in [0.2, 0.25) is 0 Å². The molecule has 1 N–H and O–H groups in total. The predicted octanol–water partition coefficient (Wildman–Crippen LogP) is 0.918. The van der Waals surface area contributed by atoms with E-state index in [1.54, 1.807) is 0 Å². The van der Waals surface area contributed by atoms with Crippen LogP contribution in [-0.2, 0) is 9.53 Å². The predicted molar refractivity (Wildman–Crippen MR) is 58.0 cm³/mol. The second-order valence-electron chi connectivity index (χ2n) is 5.21. The van der Waals surface area contributed by atoms with Crippen molar-refractivity contribution < 1.29 is 22.7 Å². The van der Waals surface area contributed by atoms with E-state index in [2.05, 4.69) is 5.32 Å². The number of carbonyl (C=O) groups excluding carboxylic acids is 1. The minimum atomic E-state index is -4.35. The maximum Gasteiger partial charge on any atom is 0.406 e. The summed E-state index contributed by atoms with van der Waals surface area (Å²) < 4.78 is 42.5. The molecule has 1 aliphatic carbocycles. The fourth-order valence-electron chi connectivity index (χ4n) is 1.90. The normalized spacial score (nSPS) is 22.4. The maximum atomic E-state index is 12.4. The van der Waals surface area contributed by atoms with Gasteiger partial charge in [-0.05, 0) is 19.8 Å². The molecule has 1 heterocycles. The lowest BCUT2D eigenvalue weighted by molar-refractivity contribution is -0.169. The summed E-state index contributed by atoms with van der Waals surface area (Å²) in [5, 5.41) is 3.00. The molecule has 0 aromatic carbocycles. The molecule has 0 atom stereocenters. The first-order valence-electron chi connectivity index (χ1n) is 6.00. The zero-order valence-corrected chi connectivity index (χ0v) is 10.2. The summed E-state index contributed by atoms with van der Waals surface area (Å²) in [4.78, 5) is 12.7. The van der Waals surface area contributed by atoms with Crippen molar-refractivity contribution >= 4 is 5.91 Å². The monoisotopic (exact) mass is 266 g/mol. The van der Waals surface area contributed by atoms with Crippen LogP contribution in [0.4, 0.5) is 13.2 Å². The van der Waals surface area contributed by atoms with Gasteiger partial charge in [-0.15, -0.1) is 0 Å². The average molecular weight is 266 g/mol. The van der Waals surface area contributed by atoms with Crippen LogP contribution in [0.3, 0.4) is 0 Å². The van der Waals surface area contributed by atoms with Crippen LogP contribution >= 0.6 is 0 Å². The smallest absolute Gasteiger partial charge is 0.363 e. The van der Waals surface area contributed by atoms with Gasteiger partial charge in [-0.3, -0.25) is 4.79 Å². The first kappa shape index (κ1) is 13.6. The summed E-state index contributed by atoms with van der Waals surface area (Å²) in [5.41, 5.74) is -0.414. The minimum absolute atomic E-state index is 0.255. The topological polar surface area (TPSA) is 41.6 Å². The lowest BCUT2D eigenvalue weighted by Gasteiger charge is -2.39. The molecule has 1 saturated heterocycles. The lowest BCUT2D eigenvalue weighted by atomic mass is 10.0. The second-order valence-corrected chi connectivity index (χ2v) is 5.21. The number of alkyl halides is 3. The van der Waals surface area contributed by atoms with Crippen molar-refractivity contribution in [3.8, 4) is 0 Å². The Bertz CT molecular complexity index is 325. The number of hydrogen-bond acceptors (Lipinski definition) is 3. The van der Waals surface area contributed by atoms with Gasteiger partial charge in [0.2, 0.25) is 5.91 Å². The zero-order valence-electron chi connectivity index (χ0n) is 10.2. The van der Waals surface area contributed by atoms with Crippen molar-refractivity contribution in [3.05, 3.63) is 0 Å². The van der Waals surface area contributed by atoms with Gasteiger partial charge in [-0.2, -0.15) is 13.2 Å². The molecule has 18 heavy (non-hydrogen) atoms. The number of nitrogens with zero attached hydrogens (tertiary/aromatic N) is 1. The summed E-state index contributed by atoms with van der Waals surface area (Å²) in [6.45, 7) is 1.65. The van der Waals surface area contributed by atoms with Crippen LogP contribution in [0.1, 0.15) is 19.8 Å². The highest BCUT2D eigenvalue weighted by Gasteiger charge is 2.41. The number of nitrogens with one attached hydrogen (secondary N) is 1. The Labute approximate surface area is 103 Å². The molecule has 0 aromatic rings. The Balaban J connectivity index is 1.84. The standard InChI is InChI=1S/C11H17F3N2O2/c1-10(5-15-6-10)18-4-9(17)16(8-2-3-8)7-11(12,13)14/h8,15H,2-7H2,1H3. The Morgan fingerprint density at radius 3 is 2.44 bits per heavy atom. The number of ether oxygens (including phenoxy) is 1. The Morgan fingerprint density at radius 2 is 2.06 bits per heavy atom. The average Bonchev–Trinajstić information content (AvgIpc) is 3.02. The summed E-state index contributed by atoms with van der Waals surface area (Å²) in [6.07, 6.45) is -3.04. The number of halogens is 3. The number of amides is 1. The molecule has 1 saturated carbocycles. The van der Waals surface area contributed by atoms with Crippen molar-refractivity contribution in [2.24, 2.45) is 0 Å². The molecular weight excluding hydrogens is 249 g/mol. The summed E-state index contributed by atoms with van der Waals surface area (Å²) in [6, 6.07) is -0.255. The van der Waals surface area contributed by atoms with Gasteiger partial charge in [0.25, 0.3) is 0 Å². The van der Waals surface area contributed by atoms with Crippen molar-refractivity contribution in [1.82, 2.24) is 10.2 Å². The van der Waals surface area contributed by atoms with Gasteiger partial charge in [-0.1, -0.05) is 0 Å². The van der Waals surface area contributed by atoms with Crippen molar-refractivity contribution in [2.75, 3.05) is 26.2 Å². The van der Waals surface area contributed by atoms with Crippen LogP contribution < -0.4 is 5.32 Å². The molecule has 2 rings (SSSR count). The molecular formula is C11H17F3N2O2. The SMILES string of the molecule is CC1(OCC(=O)N(CC(F)(F)F)C2CC2)CNC1. The van der Waals surface area contributed by atoms with E-state index in [-0.39, 0.29) is 12.6 Å². The summed E-state index contributed by atoms with van der Waals surface area (Å²) >= 11 is 0. The highest BCUT2D eigenvalue weighted by atomic mass is 19.4. The fraction of sp³-hybridized carbons (Fsp3) is 0.909. The summed E-state index contributed by atoms with van der Waals surface area (Å²) in [7, 11) is 0. The third-order valence-electron chi connectivity index (χ3n) is 3.20. The van der Waals surface area contributed by atoms with E-state index in [1.165, 1.54) is 0 Å². The van der Waals surface area contributed by atoms with Crippen molar-refractivity contribution in [1.29, 1.82) is 0 Å². The first-order valence-corrected chi connectivity index (χ1v) is 6.00. The van der Waals surface area contributed by atoms with Crippen LogP contribution in [0.25, 0.3) is 0 Å². The molecule has 2 fully saturated rings. The quantitative estimate of drug-likeness (QED) is 0.804. The molecule has 104 valence electrons.